The number of aliphatic hydroxyl groups excluding tert-OH is 1. The Morgan fingerprint density at radius 1 is 1.32 bits per heavy atom. The highest BCUT2D eigenvalue weighted by atomic mass is 16.3. The topological polar surface area (TPSA) is 54.2 Å². The van der Waals surface area contributed by atoms with Crippen LogP contribution >= 0.6 is 0 Å². The van der Waals surface area contributed by atoms with Crippen LogP contribution in [0.4, 0.5) is 5.69 Å². The van der Waals surface area contributed by atoms with Gasteiger partial charge in [-0.05, 0) is 18.6 Å². The number of hydrogen-bond acceptors (Lipinski definition) is 4. The van der Waals surface area contributed by atoms with Gasteiger partial charge in [0.2, 0.25) is 0 Å². The van der Waals surface area contributed by atoms with Crippen LogP contribution in [0.25, 0.3) is 0 Å². The van der Waals surface area contributed by atoms with Crippen molar-refractivity contribution >= 4 is 5.69 Å². The lowest BCUT2D eigenvalue weighted by atomic mass is 10.2. The van der Waals surface area contributed by atoms with Gasteiger partial charge in [0.05, 0.1) is 12.6 Å². The maximum Gasteiger partial charge on any atom is 0.152 e. The number of rotatable bonds is 6. The smallest absolute Gasteiger partial charge is 0.152 e. The van der Waals surface area contributed by atoms with Gasteiger partial charge < -0.3 is 14.6 Å². The third-order valence-corrected chi connectivity index (χ3v) is 3.16. The lowest BCUT2D eigenvalue weighted by Gasteiger charge is -2.26. The third kappa shape index (κ3) is 3.54. The quantitative estimate of drug-likeness (QED) is 0.857. The summed E-state index contributed by atoms with van der Waals surface area (Å²) < 4.78 is 1.90. The Morgan fingerprint density at radius 3 is 2.63 bits per heavy atom. The fourth-order valence-electron chi connectivity index (χ4n) is 1.90. The molecule has 19 heavy (non-hydrogen) atoms. The number of aryl methyl sites for hydroxylation is 1. The normalized spacial score (nSPS) is 12.4. The number of para-hydroxylation sites is 1. The summed E-state index contributed by atoms with van der Waals surface area (Å²) in [6.45, 7) is 3.21. The average Bonchev–Trinajstić information content (AvgIpc) is 2.84. The summed E-state index contributed by atoms with van der Waals surface area (Å²) in [6, 6.07) is 10.1. The molecule has 0 spiro atoms. The molecule has 1 aromatic heterocycles. The lowest BCUT2D eigenvalue weighted by Crippen LogP contribution is -2.32. The highest BCUT2D eigenvalue weighted by Gasteiger charge is 2.14. The Kier molecular flexibility index (Phi) is 4.52. The van der Waals surface area contributed by atoms with Crippen LogP contribution in [-0.4, -0.2) is 32.5 Å². The number of anilines is 1. The summed E-state index contributed by atoms with van der Waals surface area (Å²) >= 11 is 0. The van der Waals surface area contributed by atoms with E-state index in [0.717, 1.165) is 17.9 Å². The molecule has 0 amide bonds. The maximum atomic E-state index is 9.90. The molecule has 5 nitrogen and oxygen atoms in total. The predicted molar refractivity (Wildman–Crippen MR) is 74.8 cm³/mol. The molecule has 1 atom stereocenters. The van der Waals surface area contributed by atoms with E-state index in [1.54, 1.807) is 6.33 Å². The first-order valence-electron chi connectivity index (χ1n) is 6.51. The standard InChI is InChI=1S/C14H20N4O/c1-3-13(19)9-18(12-7-5-4-6-8-12)10-14-16-15-11-17(14)2/h4-8,11,13,19H,3,9-10H2,1-2H3. The van der Waals surface area contributed by atoms with E-state index in [9.17, 15) is 5.11 Å². The molecule has 1 aromatic carbocycles. The van der Waals surface area contributed by atoms with Gasteiger partial charge in [-0.2, -0.15) is 0 Å². The van der Waals surface area contributed by atoms with Gasteiger partial charge in [0.1, 0.15) is 6.33 Å². The summed E-state index contributed by atoms with van der Waals surface area (Å²) in [4.78, 5) is 2.12. The SMILES string of the molecule is CCC(O)CN(Cc1nncn1C)c1ccccc1. The van der Waals surface area contributed by atoms with Crippen molar-refractivity contribution in [1.82, 2.24) is 14.8 Å². The first kappa shape index (κ1) is 13.5. The van der Waals surface area contributed by atoms with E-state index in [-0.39, 0.29) is 6.10 Å². The van der Waals surface area contributed by atoms with Crippen LogP contribution in [0, 0.1) is 0 Å². The number of aliphatic hydroxyl groups is 1. The molecule has 1 heterocycles. The Morgan fingerprint density at radius 2 is 2.05 bits per heavy atom. The molecular formula is C14H20N4O. The van der Waals surface area contributed by atoms with E-state index < -0.39 is 0 Å². The zero-order valence-electron chi connectivity index (χ0n) is 11.4. The molecule has 0 bridgehead atoms. The van der Waals surface area contributed by atoms with E-state index >= 15 is 0 Å². The van der Waals surface area contributed by atoms with Crippen molar-refractivity contribution in [2.75, 3.05) is 11.4 Å². The average molecular weight is 260 g/mol. The Balaban J connectivity index is 2.17. The largest absolute Gasteiger partial charge is 0.391 e. The van der Waals surface area contributed by atoms with Gasteiger partial charge >= 0.3 is 0 Å². The molecule has 0 saturated carbocycles. The van der Waals surface area contributed by atoms with Crippen molar-refractivity contribution in [3.63, 3.8) is 0 Å². The van der Waals surface area contributed by atoms with Gasteiger partial charge in [-0.25, -0.2) is 0 Å². The molecule has 1 unspecified atom stereocenters. The van der Waals surface area contributed by atoms with Crippen molar-refractivity contribution in [2.45, 2.75) is 26.0 Å². The summed E-state index contributed by atoms with van der Waals surface area (Å²) in [6.07, 6.45) is 2.09. The number of nitrogens with zero attached hydrogens (tertiary/aromatic N) is 4. The second-order valence-electron chi connectivity index (χ2n) is 4.64. The van der Waals surface area contributed by atoms with E-state index in [1.165, 1.54) is 0 Å². The molecule has 2 rings (SSSR count). The first-order valence-corrected chi connectivity index (χ1v) is 6.51. The van der Waals surface area contributed by atoms with Gasteiger partial charge in [0.15, 0.2) is 5.82 Å². The lowest BCUT2D eigenvalue weighted by molar-refractivity contribution is 0.175. The Bertz CT molecular complexity index is 497. The van der Waals surface area contributed by atoms with E-state index in [2.05, 4.69) is 15.1 Å². The molecular weight excluding hydrogens is 240 g/mol. The van der Waals surface area contributed by atoms with Crippen molar-refractivity contribution in [3.05, 3.63) is 42.5 Å². The summed E-state index contributed by atoms with van der Waals surface area (Å²) in [5.74, 6) is 0.882. The van der Waals surface area contributed by atoms with Crippen molar-refractivity contribution in [1.29, 1.82) is 0 Å². The Labute approximate surface area is 113 Å². The fourth-order valence-corrected chi connectivity index (χ4v) is 1.90. The van der Waals surface area contributed by atoms with E-state index in [1.807, 2.05) is 48.9 Å². The summed E-state index contributed by atoms with van der Waals surface area (Å²) in [5, 5.41) is 17.9. The van der Waals surface area contributed by atoms with Crippen LogP contribution in [0.15, 0.2) is 36.7 Å². The van der Waals surface area contributed by atoms with Gasteiger partial charge in [-0.1, -0.05) is 25.1 Å². The predicted octanol–water partition coefficient (Wildman–Crippen LogP) is 1.59. The minimum Gasteiger partial charge on any atom is -0.391 e. The molecule has 0 saturated heterocycles. The third-order valence-electron chi connectivity index (χ3n) is 3.16. The van der Waals surface area contributed by atoms with Gasteiger partial charge in [-0.3, -0.25) is 0 Å². The van der Waals surface area contributed by atoms with Gasteiger partial charge in [0.25, 0.3) is 0 Å². The molecule has 0 aliphatic rings. The Hall–Kier alpha value is -1.88. The van der Waals surface area contributed by atoms with Crippen molar-refractivity contribution < 1.29 is 5.11 Å². The van der Waals surface area contributed by atoms with Crippen LogP contribution in [0.1, 0.15) is 19.2 Å². The van der Waals surface area contributed by atoms with E-state index in [0.29, 0.717) is 13.1 Å². The molecule has 0 aliphatic carbocycles. The van der Waals surface area contributed by atoms with E-state index in [4.69, 9.17) is 0 Å². The summed E-state index contributed by atoms with van der Waals surface area (Å²) in [7, 11) is 1.93. The number of hydrogen-bond donors (Lipinski definition) is 1. The van der Waals surface area contributed by atoms with Crippen LogP contribution in [0.2, 0.25) is 0 Å². The molecule has 0 aliphatic heterocycles. The van der Waals surface area contributed by atoms with Crippen LogP contribution < -0.4 is 4.90 Å². The first-order chi connectivity index (χ1) is 9.20. The monoisotopic (exact) mass is 260 g/mol. The zero-order valence-corrected chi connectivity index (χ0v) is 11.4. The molecule has 102 valence electrons. The molecule has 5 heteroatoms. The van der Waals surface area contributed by atoms with Crippen molar-refractivity contribution in [2.24, 2.45) is 7.05 Å². The highest BCUT2D eigenvalue weighted by Crippen LogP contribution is 2.16. The van der Waals surface area contributed by atoms with Crippen molar-refractivity contribution in [3.8, 4) is 0 Å². The van der Waals surface area contributed by atoms with Crippen LogP contribution in [0.5, 0.6) is 0 Å². The van der Waals surface area contributed by atoms with Crippen LogP contribution in [-0.2, 0) is 13.6 Å². The maximum absolute atomic E-state index is 9.90. The molecule has 2 aromatic rings. The molecule has 0 fully saturated rings. The zero-order chi connectivity index (χ0) is 13.7. The highest BCUT2D eigenvalue weighted by molar-refractivity contribution is 5.46. The minimum absolute atomic E-state index is 0.339. The molecule has 1 N–H and O–H groups in total. The van der Waals surface area contributed by atoms with Gasteiger partial charge in [0, 0.05) is 19.3 Å². The van der Waals surface area contributed by atoms with Crippen LogP contribution in [0.3, 0.4) is 0 Å². The second-order valence-corrected chi connectivity index (χ2v) is 4.64. The number of benzene rings is 1. The minimum atomic E-state index is -0.339. The number of aromatic nitrogens is 3. The molecule has 0 radical (unpaired) electrons. The van der Waals surface area contributed by atoms with Gasteiger partial charge in [-0.15, -0.1) is 10.2 Å². The summed E-state index contributed by atoms with van der Waals surface area (Å²) in [5.41, 5.74) is 1.08. The fraction of sp³-hybridized carbons (Fsp3) is 0.429. The second kappa shape index (κ2) is 6.33.